The summed E-state index contributed by atoms with van der Waals surface area (Å²) in [5, 5.41) is 6.00. The molecular weight excluding hydrogens is 400 g/mol. The zero-order valence-electron chi connectivity index (χ0n) is 17.3. The molecule has 158 valence electrons. The first-order chi connectivity index (χ1) is 15.7. The first-order valence-electron chi connectivity index (χ1n) is 10.1. The number of hydrogen-bond acceptors (Lipinski definition) is 6. The first kappa shape index (κ1) is 20.7. The van der Waals surface area contributed by atoms with Crippen molar-refractivity contribution in [2.45, 2.75) is 0 Å². The number of nitrogens with zero attached hydrogens (tertiary/aromatic N) is 3. The Hall–Kier alpha value is -4.52. The monoisotopic (exact) mass is 422 g/mol. The van der Waals surface area contributed by atoms with Gasteiger partial charge in [-0.05, 0) is 48.0 Å². The number of para-hydroxylation sites is 2. The van der Waals surface area contributed by atoms with Crippen LogP contribution in [0.25, 0.3) is 17.3 Å². The van der Waals surface area contributed by atoms with E-state index in [0.29, 0.717) is 29.4 Å². The van der Waals surface area contributed by atoms with Crippen molar-refractivity contribution in [3.05, 3.63) is 103 Å². The standard InChI is InChI=1S/C25H22N6O/c26-21-7-1-2-8-23(21)30-24(32)19-11-9-18(10-12-19)5-3-15-28-25-29-16-13-22(31-25)20-6-4-14-27-17-20/h1-14,16-17H,15,26H2,(H,30,32)(H,28,29,31). The molecule has 0 saturated heterocycles. The molecule has 2 aromatic carbocycles. The average molecular weight is 422 g/mol. The molecule has 2 heterocycles. The van der Waals surface area contributed by atoms with E-state index in [1.165, 1.54) is 0 Å². The molecule has 7 nitrogen and oxygen atoms in total. The summed E-state index contributed by atoms with van der Waals surface area (Å²) in [4.78, 5) is 25.3. The van der Waals surface area contributed by atoms with E-state index in [2.05, 4.69) is 25.6 Å². The minimum atomic E-state index is -0.203. The molecule has 1 amide bonds. The van der Waals surface area contributed by atoms with Crippen molar-refractivity contribution in [3.63, 3.8) is 0 Å². The van der Waals surface area contributed by atoms with Crippen molar-refractivity contribution in [3.8, 4) is 11.3 Å². The lowest BCUT2D eigenvalue weighted by Crippen LogP contribution is -2.12. The van der Waals surface area contributed by atoms with Crippen LogP contribution in [0.1, 0.15) is 15.9 Å². The molecule has 0 aliphatic rings. The molecule has 0 bridgehead atoms. The van der Waals surface area contributed by atoms with Crippen LogP contribution in [0.3, 0.4) is 0 Å². The fraction of sp³-hybridized carbons (Fsp3) is 0.0400. The molecule has 0 unspecified atom stereocenters. The highest BCUT2D eigenvalue weighted by Crippen LogP contribution is 2.18. The van der Waals surface area contributed by atoms with Crippen LogP contribution in [-0.4, -0.2) is 27.4 Å². The summed E-state index contributed by atoms with van der Waals surface area (Å²) in [6, 6.07) is 20.2. The van der Waals surface area contributed by atoms with Crippen molar-refractivity contribution >= 4 is 29.3 Å². The third-order valence-electron chi connectivity index (χ3n) is 4.68. The molecule has 0 spiro atoms. The van der Waals surface area contributed by atoms with Crippen LogP contribution in [0.5, 0.6) is 0 Å². The van der Waals surface area contributed by atoms with Gasteiger partial charge in [-0.3, -0.25) is 9.78 Å². The lowest BCUT2D eigenvalue weighted by atomic mass is 10.1. The van der Waals surface area contributed by atoms with Gasteiger partial charge in [-0.1, -0.05) is 36.4 Å². The first-order valence-corrected chi connectivity index (χ1v) is 10.1. The van der Waals surface area contributed by atoms with E-state index in [9.17, 15) is 4.79 Å². The summed E-state index contributed by atoms with van der Waals surface area (Å²) in [6.45, 7) is 0.562. The van der Waals surface area contributed by atoms with Gasteiger partial charge in [0.05, 0.1) is 17.1 Å². The Labute approximate surface area is 186 Å². The zero-order valence-corrected chi connectivity index (χ0v) is 17.3. The van der Waals surface area contributed by atoms with Crippen molar-refractivity contribution in [1.29, 1.82) is 0 Å². The van der Waals surface area contributed by atoms with Crippen LogP contribution >= 0.6 is 0 Å². The van der Waals surface area contributed by atoms with E-state index in [-0.39, 0.29) is 5.91 Å². The van der Waals surface area contributed by atoms with Gasteiger partial charge in [0.25, 0.3) is 5.91 Å². The van der Waals surface area contributed by atoms with Gasteiger partial charge >= 0.3 is 0 Å². The number of benzene rings is 2. The molecule has 2 aromatic heterocycles. The number of hydrogen-bond donors (Lipinski definition) is 3. The fourth-order valence-corrected chi connectivity index (χ4v) is 3.02. The highest BCUT2D eigenvalue weighted by molar-refractivity contribution is 6.05. The Bertz CT molecular complexity index is 1220. The average Bonchev–Trinajstić information content (AvgIpc) is 2.84. The van der Waals surface area contributed by atoms with E-state index in [0.717, 1.165) is 16.8 Å². The molecule has 4 rings (SSSR count). The molecule has 0 aliphatic heterocycles. The molecule has 4 aromatic rings. The van der Waals surface area contributed by atoms with Crippen molar-refractivity contribution in [1.82, 2.24) is 15.0 Å². The quantitative estimate of drug-likeness (QED) is 0.379. The highest BCUT2D eigenvalue weighted by Gasteiger charge is 2.07. The van der Waals surface area contributed by atoms with Gasteiger partial charge in [-0.15, -0.1) is 0 Å². The van der Waals surface area contributed by atoms with Gasteiger partial charge in [0, 0.05) is 36.3 Å². The summed E-state index contributed by atoms with van der Waals surface area (Å²) < 4.78 is 0. The minimum absolute atomic E-state index is 0.203. The van der Waals surface area contributed by atoms with Crippen LogP contribution < -0.4 is 16.4 Å². The smallest absolute Gasteiger partial charge is 0.255 e. The Morgan fingerprint density at radius 2 is 1.81 bits per heavy atom. The summed E-state index contributed by atoms with van der Waals surface area (Å²) >= 11 is 0. The predicted molar refractivity (Wildman–Crippen MR) is 128 cm³/mol. The van der Waals surface area contributed by atoms with Crippen LogP contribution in [0.2, 0.25) is 0 Å². The molecule has 0 radical (unpaired) electrons. The van der Waals surface area contributed by atoms with Crippen molar-refractivity contribution in [2.24, 2.45) is 0 Å². The van der Waals surface area contributed by atoms with Crippen LogP contribution in [0, 0.1) is 0 Å². The number of nitrogens with two attached hydrogens (primary N) is 1. The second-order valence-corrected chi connectivity index (χ2v) is 6.95. The Balaban J connectivity index is 1.32. The van der Waals surface area contributed by atoms with Crippen molar-refractivity contribution < 1.29 is 4.79 Å². The van der Waals surface area contributed by atoms with E-state index in [1.54, 1.807) is 42.9 Å². The maximum Gasteiger partial charge on any atom is 0.255 e. The topological polar surface area (TPSA) is 106 Å². The van der Waals surface area contributed by atoms with Crippen LogP contribution in [0.15, 0.2) is 91.4 Å². The number of nitrogen functional groups attached to an aromatic ring is 1. The molecule has 0 saturated carbocycles. The number of pyridine rings is 1. The molecule has 0 aliphatic carbocycles. The normalized spacial score (nSPS) is 10.8. The minimum Gasteiger partial charge on any atom is -0.397 e. The molecule has 4 N–H and O–H groups in total. The van der Waals surface area contributed by atoms with Crippen LogP contribution in [-0.2, 0) is 0 Å². The van der Waals surface area contributed by atoms with Gasteiger partial charge in [-0.25, -0.2) is 9.97 Å². The Morgan fingerprint density at radius 1 is 0.969 bits per heavy atom. The lowest BCUT2D eigenvalue weighted by molar-refractivity contribution is 0.102. The molecule has 32 heavy (non-hydrogen) atoms. The summed E-state index contributed by atoms with van der Waals surface area (Å²) in [7, 11) is 0. The summed E-state index contributed by atoms with van der Waals surface area (Å²) in [6.07, 6.45) is 9.15. The van der Waals surface area contributed by atoms with E-state index < -0.39 is 0 Å². The number of nitrogens with one attached hydrogen (secondary N) is 2. The lowest BCUT2D eigenvalue weighted by Gasteiger charge is -2.08. The zero-order chi connectivity index (χ0) is 22.2. The number of aromatic nitrogens is 3. The fourth-order valence-electron chi connectivity index (χ4n) is 3.02. The highest BCUT2D eigenvalue weighted by atomic mass is 16.1. The van der Waals surface area contributed by atoms with Gasteiger partial charge in [-0.2, -0.15) is 0 Å². The number of carbonyl (C=O) groups excluding carboxylic acids is 1. The van der Waals surface area contributed by atoms with Crippen molar-refractivity contribution in [2.75, 3.05) is 22.9 Å². The Morgan fingerprint density at radius 3 is 2.59 bits per heavy atom. The molecule has 0 atom stereocenters. The SMILES string of the molecule is Nc1ccccc1NC(=O)c1ccc(C=CCNc2nccc(-c3cccnc3)n2)cc1. The summed E-state index contributed by atoms with van der Waals surface area (Å²) in [5.74, 6) is 0.342. The molecule has 7 heteroatoms. The van der Waals surface area contributed by atoms with E-state index in [1.807, 2.05) is 54.6 Å². The van der Waals surface area contributed by atoms with Gasteiger partial charge in [0.1, 0.15) is 0 Å². The molecular formula is C25H22N6O. The second kappa shape index (κ2) is 9.99. The second-order valence-electron chi connectivity index (χ2n) is 6.95. The maximum atomic E-state index is 12.4. The maximum absolute atomic E-state index is 12.4. The summed E-state index contributed by atoms with van der Waals surface area (Å²) in [5.41, 5.74) is 10.3. The van der Waals surface area contributed by atoms with Crippen LogP contribution in [0.4, 0.5) is 17.3 Å². The van der Waals surface area contributed by atoms with Gasteiger partial charge < -0.3 is 16.4 Å². The van der Waals surface area contributed by atoms with Gasteiger partial charge in [0.15, 0.2) is 0 Å². The number of carbonyl (C=O) groups is 1. The third kappa shape index (κ3) is 5.34. The van der Waals surface area contributed by atoms with E-state index >= 15 is 0 Å². The third-order valence-corrected chi connectivity index (χ3v) is 4.68. The number of rotatable bonds is 7. The number of amides is 1. The Kier molecular flexibility index (Phi) is 6.48. The largest absolute Gasteiger partial charge is 0.397 e. The predicted octanol–water partition coefficient (Wildman–Crippen LogP) is 4.50. The van der Waals surface area contributed by atoms with Gasteiger partial charge in [0.2, 0.25) is 5.95 Å². The number of anilines is 3. The molecule has 0 fully saturated rings. The van der Waals surface area contributed by atoms with E-state index in [4.69, 9.17) is 5.73 Å².